The molecule has 120 valence electrons. The number of Topliss-reactive ketones (excluding diaryl/α,β-unsaturated/α-hetero) is 1. The second-order valence-corrected chi connectivity index (χ2v) is 5.23. The second-order valence-electron chi connectivity index (χ2n) is 4.82. The first-order valence-corrected chi connectivity index (χ1v) is 7.37. The highest BCUT2D eigenvalue weighted by molar-refractivity contribution is 7.80. The Balaban J connectivity index is 2.09. The van der Waals surface area contributed by atoms with Gasteiger partial charge in [0.15, 0.2) is 16.6 Å². The van der Waals surface area contributed by atoms with E-state index in [1.807, 2.05) is 6.92 Å². The van der Waals surface area contributed by atoms with Crippen LogP contribution in [-0.2, 0) is 6.54 Å². The topological polar surface area (TPSA) is 102 Å². The van der Waals surface area contributed by atoms with E-state index in [2.05, 4.69) is 15.7 Å². The first kappa shape index (κ1) is 16.6. The lowest BCUT2D eigenvalue weighted by molar-refractivity contribution is 0.0992. The average Bonchev–Trinajstić information content (AvgIpc) is 2.90. The van der Waals surface area contributed by atoms with Gasteiger partial charge in [-0.3, -0.25) is 14.3 Å². The zero-order chi connectivity index (χ0) is 17.0. The molecule has 1 aromatic heterocycles. The van der Waals surface area contributed by atoms with Crippen LogP contribution >= 0.6 is 12.2 Å². The van der Waals surface area contributed by atoms with Gasteiger partial charge in [0.25, 0.3) is 5.91 Å². The predicted molar refractivity (Wildman–Crippen MR) is 92.7 cm³/mol. The van der Waals surface area contributed by atoms with Crippen LogP contribution in [0.3, 0.4) is 0 Å². The Hall–Kier alpha value is -2.74. The van der Waals surface area contributed by atoms with Gasteiger partial charge in [0, 0.05) is 24.0 Å². The number of rotatable bonds is 5. The van der Waals surface area contributed by atoms with Crippen LogP contribution in [0.15, 0.2) is 30.5 Å². The lowest BCUT2D eigenvalue weighted by Crippen LogP contribution is -2.21. The third-order valence-corrected chi connectivity index (χ3v) is 3.32. The number of nitrogens with two attached hydrogens (primary N) is 1. The molecule has 4 N–H and O–H groups in total. The Morgan fingerprint density at radius 2 is 1.91 bits per heavy atom. The van der Waals surface area contributed by atoms with Gasteiger partial charge in [-0.05, 0) is 50.3 Å². The van der Waals surface area contributed by atoms with Crippen molar-refractivity contribution in [2.75, 3.05) is 10.6 Å². The number of anilines is 2. The van der Waals surface area contributed by atoms with Crippen molar-refractivity contribution in [3.63, 3.8) is 0 Å². The Labute approximate surface area is 138 Å². The van der Waals surface area contributed by atoms with Gasteiger partial charge >= 0.3 is 0 Å². The lowest BCUT2D eigenvalue weighted by Gasteiger charge is -2.10. The molecule has 8 heteroatoms. The summed E-state index contributed by atoms with van der Waals surface area (Å²) >= 11 is 5.22. The Bertz CT molecular complexity index is 752. The summed E-state index contributed by atoms with van der Waals surface area (Å²) in [5.74, 6) is -0.636. The van der Waals surface area contributed by atoms with Crippen LogP contribution in [-0.4, -0.2) is 26.6 Å². The molecule has 0 saturated carbocycles. The van der Waals surface area contributed by atoms with Crippen LogP contribution in [0, 0.1) is 0 Å². The summed E-state index contributed by atoms with van der Waals surface area (Å²) in [5.41, 5.74) is 7.21. The number of hydrogen-bond acceptors (Lipinski definition) is 4. The molecule has 0 unspecified atom stereocenters. The number of primary amides is 1. The number of amides is 1. The molecule has 0 aliphatic rings. The Kier molecular flexibility index (Phi) is 5.07. The minimum atomic E-state index is -0.631. The normalized spacial score (nSPS) is 10.2. The van der Waals surface area contributed by atoms with Crippen molar-refractivity contribution < 1.29 is 9.59 Å². The quantitative estimate of drug-likeness (QED) is 0.572. The first-order valence-electron chi connectivity index (χ1n) is 6.97. The summed E-state index contributed by atoms with van der Waals surface area (Å²) in [6.45, 7) is 4.01. The number of aromatic nitrogens is 2. The van der Waals surface area contributed by atoms with Gasteiger partial charge < -0.3 is 16.4 Å². The number of nitrogens with one attached hydrogen (secondary N) is 2. The average molecular weight is 331 g/mol. The highest BCUT2D eigenvalue weighted by Crippen LogP contribution is 2.15. The number of carbonyl (C=O) groups is 2. The van der Waals surface area contributed by atoms with Gasteiger partial charge in [-0.15, -0.1) is 0 Å². The van der Waals surface area contributed by atoms with E-state index in [0.29, 0.717) is 22.9 Å². The molecule has 7 nitrogen and oxygen atoms in total. The third kappa shape index (κ3) is 4.13. The third-order valence-electron chi connectivity index (χ3n) is 3.12. The maximum Gasteiger partial charge on any atom is 0.271 e. The maximum atomic E-state index is 11.4. The molecule has 2 rings (SSSR count). The number of thiocarbonyl (C=S) groups is 1. The van der Waals surface area contributed by atoms with Gasteiger partial charge in [0.2, 0.25) is 0 Å². The van der Waals surface area contributed by atoms with E-state index in [-0.39, 0.29) is 11.5 Å². The molecule has 23 heavy (non-hydrogen) atoms. The molecule has 0 fully saturated rings. The summed E-state index contributed by atoms with van der Waals surface area (Å²) in [7, 11) is 0. The van der Waals surface area contributed by atoms with Crippen LogP contribution in [0.25, 0.3) is 0 Å². The van der Waals surface area contributed by atoms with E-state index in [9.17, 15) is 9.59 Å². The van der Waals surface area contributed by atoms with E-state index in [4.69, 9.17) is 18.0 Å². The number of hydrogen-bond donors (Lipinski definition) is 3. The van der Waals surface area contributed by atoms with Gasteiger partial charge in [-0.25, -0.2) is 0 Å². The molecule has 1 aromatic carbocycles. The number of nitrogens with zero attached hydrogens (tertiary/aromatic N) is 2. The molecule has 0 atom stereocenters. The molecule has 2 aromatic rings. The summed E-state index contributed by atoms with van der Waals surface area (Å²) in [6.07, 6.45) is 1.66. The Morgan fingerprint density at radius 3 is 2.43 bits per heavy atom. The van der Waals surface area contributed by atoms with Gasteiger partial charge in [0.05, 0.1) is 5.69 Å². The van der Waals surface area contributed by atoms with Crippen LogP contribution in [0.1, 0.15) is 34.7 Å². The fraction of sp³-hybridized carbons (Fsp3) is 0.200. The van der Waals surface area contributed by atoms with Gasteiger partial charge in [-0.1, -0.05) is 0 Å². The Morgan fingerprint density at radius 1 is 1.26 bits per heavy atom. The van der Waals surface area contributed by atoms with Crippen molar-refractivity contribution in [1.29, 1.82) is 0 Å². The van der Waals surface area contributed by atoms with Gasteiger partial charge in [-0.2, -0.15) is 5.10 Å². The van der Waals surface area contributed by atoms with E-state index in [1.165, 1.54) is 6.92 Å². The number of aryl methyl sites for hydroxylation is 1. The zero-order valence-corrected chi connectivity index (χ0v) is 13.6. The first-order chi connectivity index (χ1) is 10.9. The highest BCUT2D eigenvalue weighted by Gasteiger charge is 2.14. The van der Waals surface area contributed by atoms with E-state index >= 15 is 0 Å². The smallest absolute Gasteiger partial charge is 0.271 e. The summed E-state index contributed by atoms with van der Waals surface area (Å²) in [5, 5.41) is 10.2. The molecule has 0 spiro atoms. The minimum Gasteiger partial charge on any atom is -0.364 e. The van der Waals surface area contributed by atoms with Crippen molar-refractivity contribution in [2.45, 2.75) is 20.4 Å². The molecule has 0 bridgehead atoms. The SMILES string of the molecule is CCn1cc(NC(=S)Nc2ccc(C(C)=O)cc2)c(C(N)=O)n1. The summed E-state index contributed by atoms with van der Waals surface area (Å²) in [4.78, 5) is 22.6. The number of carbonyl (C=O) groups excluding carboxylic acids is 2. The number of benzene rings is 1. The number of ketones is 1. The second kappa shape index (κ2) is 7.01. The van der Waals surface area contributed by atoms with E-state index in [0.717, 1.165) is 5.69 Å². The molecule has 0 aliphatic carbocycles. The molecule has 0 aliphatic heterocycles. The van der Waals surface area contributed by atoms with Crippen LogP contribution < -0.4 is 16.4 Å². The molecular weight excluding hydrogens is 314 g/mol. The monoisotopic (exact) mass is 331 g/mol. The highest BCUT2D eigenvalue weighted by atomic mass is 32.1. The minimum absolute atomic E-state index is 0.00432. The molecule has 1 heterocycles. The van der Waals surface area contributed by atoms with Crippen molar-refractivity contribution in [2.24, 2.45) is 5.73 Å². The van der Waals surface area contributed by atoms with Crippen molar-refractivity contribution in [1.82, 2.24) is 9.78 Å². The van der Waals surface area contributed by atoms with Crippen LogP contribution in [0.2, 0.25) is 0 Å². The van der Waals surface area contributed by atoms with Gasteiger partial charge in [0.1, 0.15) is 0 Å². The van der Waals surface area contributed by atoms with E-state index in [1.54, 1.807) is 35.1 Å². The molecule has 0 saturated heterocycles. The fourth-order valence-corrected chi connectivity index (χ4v) is 2.16. The zero-order valence-electron chi connectivity index (χ0n) is 12.8. The lowest BCUT2D eigenvalue weighted by atomic mass is 10.1. The molecule has 1 amide bonds. The largest absolute Gasteiger partial charge is 0.364 e. The van der Waals surface area contributed by atoms with Crippen molar-refractivity contribution in [3.8, 4) is 0 Å². The summed E-state index contributed by atoms with van der Waals surface area (Å²) in [6, 6.07) is 6.90. The van der Waals surface area contributed by atoms with E-state index < -0.39 is 5.91 Å². The molecular formula is C15H17N5O2S. The molecule has 0 radical (unpaired) electrons. The standard InChI is InChI=1S/C15H17N5O2S/c1-3-20-8-12(13(19-20)14(16)22)18-15(23)17-11-6-4-10(5-7-11)9(2)21/h4-8H,3H2,1-2H3,(H2,16,22)(H2,17,18,23). The van der Waals surface area contributed by atoms with Crippen LogP contribution in [0.5, 0.6) is 0 Å². The van der Waals surface area contributed by atoms with Crippen molar-refractivity contribution in [3.05, 3.63) is 41.7 Å². The van der Waals surface area contributed by atoms with Crippen LogP contribution in [0.4, 0.5) is 11.4 Å². The maximum absolute atomic E-state index is 11.4. The van der Waals surface area contributed by atoms with Crippen molar-refractivity contribution >= 4 is 40.4 Å². The fourth-order valence-electron chi connectivity index (χ4n) is 1.93. The summed E-state index contributed by atoms with van der Waals surface area (Å²) < 4.78 is 1.59. The predicted octanol–water partition coefficient (Wildman–Crippen LogP) is 2.01.